The van der Waals surface area contributed by atoms with E-state index in [1.165, 1.54) is 6.42 Å². The number of hydrogen-bond acceptors (Lipinski definition) is 5. The van der Waals surface area contributed by atoms with Crippen molar-refractivity contribution in [1.82, 2.24) is 10.3 Å². The van der Waals surface area contributed by atoms with E-state index in [9.17, 15) is 9.59 Å². The number of ether oxygens (including phenoxy) is 1. The maximum Gasteiger partial charge on any atom is 0.361 e. The Morgan fingerprint density at radius 1 is 1.22 bits per heavy atom. The van der Waals surface area contributed by atoms with Gasteiger partial charge in [0.15, 0.2) is 12.3 Å². The van der Waals surface area contributed by atoms with E-state index in [1.807, 2.05) is 30.3 Å². The van der Waals surface area contributed by atoms with Crippen LogP contribution in [0.2, 0.25) is 0 Å². The predicted molar refractivity (Wildman–Crippen MR) is 101 cm³/mol. The molecule has 1 heterocycles. The molecule has 27 heavy (non-hydrogen) atoms. The van der Waals surface area contributed by atoms with Crippen molar-refractivity contribution in [2.75, 3.05) is 6.61 Å². The van der Waals surface area contributed by atoms with Gasteiger partial charge in [0, 0.05) is 11.6 Å². The first-order valence-electron chi connectivity index (χ1n) is 9.45. The molecule has 1 aromatic heterocycles. The van der Waals surface area contributed by atoms with Gasteiger partial charge in [0.25, 0.3) is 5.91 Å². The Bertz CT molecular complexity index is 800. The zero-order valence-corrected chi connectivity index (χ0v) is 16.0. The van der Waals surface area contributed by atoms with Crippen molar-refractivity contribution in [3.05, 3.63) is 41.8 Å². The lowest BCUT2D eigenvalue weighted by molar-refractivity contribution is -0.125. The molecule has 144 valence electrons. The standard InChI is InChI=1S/C21H26N2O4/c1-13-8-7-11-17(14(13)2)22-18(24)12-26-21(25)19-15(3)27-20(23-19)16-9-5-4-6-10-16/h4-6,9-10,13-14,17H,7-8,11-12H2,1-3H3,(H,22,24)/t13-,14-,17+/m0/s1. The summed E-state index contributed by atoms with van der Waals surface area (Å²) in [6.07, 6.45) is 3.27. The van der Waals surface area contributed by atoms with Crippen LogP contribution in [0.1, 0.15) is 49.4 Å². The minimum absolute atomic E-state index is 0.0984. The summed E-state index contributed by atoms with van der Waals surface area (Å²) in [5.41, 5.74) is 0.874. The van der Waals surface area contributed by atoms with Crippen molar-refractivity contribution >= 4 is 11.9 Å². The fraction of sp³-hybridized carbons (Fsp3) is 0.476. The number of aromatic nitrogens is 1. The third-order valence-electron chi connectivity index (χ3n) is 5.40. The van der Waals surface area contributed by atoms with Crippen molar-refractivity contribution in [2.24, 2.45) is 11.8 Å². The van der Waals surface area contributed by atoms with Gasteiger partial charge in [0.05, 0.1) is 0 Å². The Labute approximate surface area is 159 Å². The molecule has 0 spiro atoms. The number of carbonyl (C=O) groups excluding carboxylic acids is 2. The number of esters is 1. The Kier molecular flexibility index (Phi) is 5.94. The first kappa shape index (κ1) is 19.1. The first-order valence-corrected chi connectivity index (χ1v) is 9.45. The fourth-order valence-corrected chi connectivity index (χ4v) is 3.52. The van der Waals surface area contributed by atoms with E-state index in [4.69, 9.17) is 9.15 Å². The van der Waals surface area contributed by atoms with Crippen LogP contribution in [0, 0.1) is 18.8 Å². The zero-order chi connectivity index (χ0) is 19.4. The van der Waals surface area contributed by atoms with Crippen LogP contribution in [0.5, 0.6) is 0 Å². The molecule has 3 rings (SSSR count). The molecule has 6 nitrogen and oxygen atoms in total. The molecule has 0 bridgehead atoms. The SMILES string of the molecule is Cc1oc(-c2ccccc2)nc1C(=O)OCC(=O)N[C@@H]1CCC[C@H](C)[C@@H]1C. The van der Waals surface area contributed by atoms with Crippen LogP contribution in [-0.2, 0) is 9.53 Å². The van der Waals surface area contributed by atoms with Gasteiger partial charge in [-0.25, -0.2) is 9.78 Å². The quantitative estimate of drug-likeness (QED) is 0.811. The number of carbonyl (C=O) groups is 2. The largest absolute Gasteiger partial charge is 0.451 e. The van der Waals surface area contributed by atoms with Crippen LogP contribution >= 0.6 is 0 Å². The summed E-state index contributed by atoms with van der Waals surface area (Å²) in [5.74, 6) is 0.797. The molecule has 3 atom stereocenters. The van der Waals surface area contributed by atoms with Crippen molar-refractivity contribution in [3.63, 3.8) is 0 Å². The van der Waals surface area contributed by atoms with E-state index in [-0.39, 0.29) is 24.2 Å². The van der Waals surface area contributed by atoms with E-state index in [0.717, 1.165) is 18.4 Å². The highest BCUT2D eigenvalue weighted by molar-refractivity contribution is 5.91. The zero-order valence-electron chi connectivity index (χ0n) is 16.0. The molecule has 1 amide bonds. The van der Waals surface area contributed by atoms with E-state index in [0.29, 0.717) is 23.5 Å². The third kappa shape index (κ3) is 4.56. The number of rotatable bonds is 5. The summed E-state index contributed by atoms with van der Waals surface area (Å²) >= 11 is 0. The summed E-state index contributed by atoms with van der Waals surface area (Å²) in [4.78, 5) is 28.7. The second-order valence-electron chi connectivity index (χ2n) is 7.31. The van der Waals surface area contributed by atoms with Crippen molar-refractivity contribution in [1.29, 1.82) is 0 Å². The summed E-state index contributed by atoms with van der Waals surface area (Å²) < 4.78 is 10.7. The molecule has 1 fully saturated rings. The van der Waals surface area contributed by atoms with Gasteiger partial charge in [-0.1, -0.05) is 44.9 Å². The number of aryl methyl sites for hydroxylation is 1. The fourth-order valence-electron chi connectivity index (χ4n) is 3.52. The molecule has 2 aromatic rings. The number of oxazole rings is 1. The van der Waals surface area contributed by atoms with Gasteiger partial charge in [-0.15, -0.1) is 0 Å². The number of nitrogens with zero attached hydrogens (tertiary/aromatic N) is 1. The summed E-state index contributed by atoms with van der Waals surface area (Å²) in [5, 5.41) is 2.99. The molecule has 1 saturated carbocycles. The second kappa shape index (κ2) is 8.37. The predicted octanol–water partition coefficient (Wildman–Crippen LogP) is 3.75. The highest BCUT2D eigenvalue weighted by Gasteiger charge is 2.28. The summed E-state index contributed by atoms with van der Waals surface area (Å²) in [6.45, 7) is 5.70. The van der Waals surface area contributed by atoms with Gasteiger partial charge in [-0.05, 0) is 37.3 Å². The molecule has 6 heteroatoms. The lowest BCUT2D eigenvalue weighted by atomic mass is 9.78. The third-order valence-corrected chi connectivity index (χ3v) is 5.40. The lowest BCUT2D eigenvalue weighted by Crippen LogP contribution is -2.45. The average Bonchev–Trinajstić information content (AvgIpc) is 3.06. The van der Waals surface area contributed by atoms with Crippen LogP contribution in [0.25, 0.3) is 11.5 Å². The monoisotopic (exact) mass is 370 g/mol. The van der Waals surface area contributed by atoms with Crippen molar-refractivity contribution < 1.29 is 18.7 Å². The highest BCUT2D eigenvalue weighted by atomic mass is 16.5. The molecule has 0 aliphatic heterocycles. The maximum atomic E-state index is 12.3. The second-order valence-corrected chi connectivity index (χ2v) is 7.31. The van der Waals surface area contributed by atoms with Gasteiger partial charge in [-0.3, -0.25) is 4.79 Å². The normalized spacial score (nSPS) is 22.3. The molecular weight excluding hydrogens is 344 g/mol. The molecule has 1 aliphatic carbocycles. The lowest BCUT2D eigenvalue weighted by Gasteiger charge is -2.34. The van der Waals surface area contributed by atoms with Crippen molar-refractivity contribution in [2.45, 2.75) is 46.1 Å². The molecular formula is C21H26N2O4. The van der Waals surface area contributed by atoms with Gasteiger partial charge in [-0.2, -0.15) is 0 Å². The minimum atomic E-state index is -0.654. The Morgan fingerprint density at radius 3 is 2.70 bits per heavy atom. The van der Waals surface area contributed by atoms with E-state index >= 15 is 0 Å². The summed E-state index contributed by atoms with van der Waals surface area (Å²) in [7, 11) is 0. The van der Waals surface area contributed by atoms with Crippen molar-refractivity contribution in [3.8, 4) is 11.5 Å². The van der Waals surface area contributed by atoms with Gasteiger partial charge in [0.1, 0.15) is 5.76 Å². The number of hydrogen-bond donors (Lipinski definition) is 1. The number of amides is 1. The molecule has 1 aliphatic rings. The first-order chi connectivity index (χ1) is 13.0. The Hall–Kier alpha value is -2.63. The van der Waals surface area contributed by atoms with Crippen LogP contribution < -0.4 is 5.32 Å². The van der Waals surface area contributed by atoms with Gasteiger partial charge < -0.3 is 14.5 Å². The van der Waals surface area contributed by atoms with Crippen LogP contribution in [0.15, 0.2) is 34.7 Å². The number of benzene rings is 1. The minimum Gasteiger partial charge on any atom is -0.451 e. The molecule has 1 N–H and O–H groups in total. The molecule has 0 saturated heterocycles. The van der Waals surface area contributed by atoms with Crippen LogP contribution in [0.3, 0.4) is 0 Å². The topological polar surface area (TPSA) is 81.4 Å². The maximum absolute atomic E-state index is 12.3. The van der Waals surface area contributed by atoms with E-state index in [1.54, 1.807) is 6.92 Å². The van der Waals surface area contributed by atoms with E-state index in [2.05, 4.69) is 24.1 Å². The Morgan fingerprint density at radius 2 is 1.96 bits per heavy atom. The molecule has 1 aromatic carbocycles. The van der Waals surface area contributed by atoms with Gasteiger partial charge in [0.2, 0.25) is 5.89 Å². The van der Waals surface area contributed by atoms with Crippen LogP contribution in [0.4, 0.5) is 0 Å². The molecule has 0 unspecified atom stereocenters. The van der Waals surface area contributed by atoms with Gasteiger partial charge >= 0.3 is 5.97 Å². The Balaban J connectivity index is 1.56. The summed E-state index contributed by atoms with van der Waals surface area (Å²) in [6, 6.07) is 9.45. The highest BCUT2D eigenvalue weighted by Crippen LogP contribution is 2.29. The van der Waals surface area contributed by atoms with E-state index < -0.39 is 5.97 Å². The molecule has 0 radical (unpaired) electrons. The van der Waals surface area contributed by atoms with Crippen LogP contribution in [-0.4, -0.2) is 29.5 Å². The average molecular weight is 370 g/mol. The number of nitrogens with one attached hydrogen (secondary N) is 1. The smallest absolute Gasteiger partial charge is 0.361 e.